The standard InChI is InChI=1S/C12H14ClNO4/c1-3-17-11(15)7(2)18-12(16)8-4-5-10(14)9(13)6-8/h4-7H,3,14H2,1-2H3. The van der Waals surface area contributed by atoms with E-state index in [9.17, 15) is 9.59 Å². The van der Waals surface area contributed by atoms with Gasteiger partial charge < -0.3 is 15.2 Å². The topological polar surface area (TPSA) is 78.6 Å². The molecule has 1 aromatic carbocycles. The number of carbonyl (C=O) groups is 2. The largest absolute Gasteiger partial charge is 0.463 e. The van der Waals surface area contributed by atoms with Crippen molar-refractivity contribution in [1.29, 1.82) is 0 Å². The first-order chi connectivity index (χ1) is 8.45. The lowest BCUT2D eigenvalue weighted by Gasteiger charge is -2.12. The van der Waals surface area contributed by atoms with Crippen LogP contribution in [0.25, 0.3) is 0 Å². The van der Waals surface area contributed by atoms with Crippen molar-refractivity contribution in [3.8, 4) is 0 Å². The van der Waals surface area contributed by atoms with Crippen LogP contribution in [0, 0.1) is 0 Å². The molecule has 0 aliphatic carbocycles. The Labute approximate surface area is 110 Å². The summed E-state index contributed by atoms with van der Waals surface area (Å²) in [4.78, 5) is 23.0. The number of benzene rings is 1. The van der Waals surface area contributed by atoms with Crippen molar-refractivity contribution in [3.05, 3.63) is 28.8 Å². The van der Waals surface area contributed by atoms with Crippen LogP contribution in [0.15, 0.2) is 18.2 Å². The third kappa shape index (κ3) is 3.63. The SMILES string of the molecule is CCOC(=O)C(C)OC(=O)c1ccc(N)c(Cl)c1. The molecule has 18 heavy (non-hydrogen) atoms. The lowest BCUT2D eigenvalue weighted by atomic mass is 10.2. The van der Waals surface area contributed by atoms with Crippen LogP contribution in [-0.2, 0) is 14.3 Å². The van der Waals surface area contributed by atoms with Crippen LogP contribution in [0.4, 0.5) is 5.69 Å². The zero-order chi connectivity index (χ0) is 13.7. The second-order valence-corrected chi connectivity index (χ2v) is 3.94. The van der Waals surface area contributed by atoms with Gasteiger partial charge in [-0.05, 0) is 32.0 Å². The zero-order valence-electron chi connectivity index (χ0n) is 10.1. The van der Waals surface area contributed by atoms with Crippen molar-refractivity contribution in [2.24, 2.45) is 0 Å². The Bertz CT molecular complexity index is 461. The molecule has 0 saturated heterocycles. The van der Waals surface area contributed by atoms with Crippen molar-refractivity contribution in [1.82, 2.24) is 0 Å². The highest BCUT2D eigenvalue weighted by Crippen LogP contribution is 2.20. The number of nitrogen functional groups attached to an aromatic ring is 1. The molecule has 0 aliphatic rings. The van der Waals surface area contributed by atoms with Gasteiger partial charge in [-0.3, -0.25) is 0 Å². The molecule has 0 bridgehead atoms. The second-order valence-electron chi connectivity index (χ2n) is 3.54. The summed E-state index contributed by atoms with van der Waals surface area (Å²) < 4.78 is 9.65. The van der Waals surface area contributed by atoms with Crippen molar-refractivity contribution in [2.45, 2.75) is 20.0 Å². The molecule has 0 radical (unpaired) electrons. The number of rotatable bonds is 4. The first kappa shape index (κ1) is 14.3. The molecule has 0 aliphatic heterocycles. The second kappa shape index (κ2) is 6.26. The van der Waals surface area contributed by atoms with Crippen molar-refractivity contribution in [2.75, 3.05) is 12.3 Å². The number of halogens is 1. The quantitative estimate of drug-likeness (QED) is 0.670. The maximum Gasteiger partial charge on any atom is 0.347 e. The highest BCUT2D eigenvalue weighted by atomic mass is 35.5. The average Bonchev–Trinajstić information content (AvgIpc) is 2.32. The van der Waals surface area contributed by atoms with Gasteiger partial charge in [0.2, 0.25) is 0 Å². The van der Waals surface area contributed by atoms with Crippen LogP contribution < -0.4 is 5.73 Å². The Kier molecular flexibility index (Phi) is 4.97. The normalized spacial score (nSPS) is 11.7. The molecule has 0 aromatic heterocycles. The lowest BCUT2D eigenvalue weighted by molar-refractivity contribution is -0.152. The van der Waals surface area contributed by atoms with Gasteiger partial charge in [0.15, 0.2) is 6.10 Å². The van der Waals surface area contributed by atoms with E-state index in [2.05, 4.69) is 0 Å². The predicted octanol–water partition coefficient (Wildman–Crippen LogP) is 2.03. The van der Waals surface area contributed by atoms with Crippen LogP contribution in [0.2, 0.25) is 5.02 Å². The monoisotopic (exact) mass is 271 g/mol. The Morgan fingerprint density at radius 1 is 1.44 bits per heavy atom. The molecule has 0 fully saturated rings. The number of anilines is 1. The molecule has 0 heterocycles. The fraction of sp³-hybridized carbons (Fsp3) is 0.333. The number of ether oxygens (including phenoxy) is 2. The van der Waals surface area contributed by atoms with Gasteiger partial charge in [-0.1, -0.05) is 11.6 Å². The fourth-order valence-electron chi connectivity index (χ4n) is 1.19. The van der Waals surface area contributed by atoms with Crippen LogP contribution >= 0.6 is 11.6 Å². The Balaban J connectivity index is 2.70. The first-order valence-electron chi connectivity index (χ1n) is 5.38. The summed E-state index contributed by atoms with van der Waals surface area (Å²) in [5.74, 6) is -1.25. The maximum atomic E-state index is 11.7. The number of hydrogen-bond acceptors (Lipinski definition) is 5. The van der Waals surface area contributed by atoms with Gasteiger partial charge in [0.1, 0.15) is 0 Å². The fourth-order valence-corrected chi connectivity index (χ4v) is 1.37. The molecule has 1 rings (SSSR count). The highest BCUT2D eigenvalue weighted by molar-refractivity contribution is 6.33. The Morgan fingerprint density at radius 3 is 2.67 bits per heavy atom. The number of carbonyl (C=O) groups excluding carboxylic acids is 2. The van der Waals surface area contributed by atoms with Crippen molar-refractivity contribution >= 4 is 29.2 Å². The summed E-state index contributed by atoms with van der Waals surface area (Å²) in [5, 5.41) is 0.258. The molecule has 1 unspecified atom stereocenters. The number of esters is 2. The lowest BCUT2D eigenvalue weighted by Crippen LogP contribution is -2.26. The molecule has 98 valence electrons. The highest BCUT2D eigenvalue weighted by Gasteiger charge is 2.20. The summed E-state index contributed by atoms with van der Waals surface area (Å²) in [7, 11) is 0. The van der Waals surface area contributed by atoms with Crippen LogP contribution in [0.5, 0.6) is 0 Å². The van der Waals surface area contributed by atoms with E-state index >= 15 is 0 Å². The summed E-state index contributed by atoms with van der Waals surface area (Å²) in [6.07, 6.45) is -0.964. The third-order valence-electron chi connectivity index (χ3n) is 2.14. The minimum Gasteiger partial charge on any atom is -0.463 e. The summed E-state index contributed by atoms with van der Waals surface area (Å²) >= 11 is 5.78. The van der Waals surface area contributed by atoms with Gasteiger partial charge in [0, 0.05) is 0 Å². The molecule has 2 N–H and O–H groups in total. The van der Waals surface area contributed by atoms with E-state index < -0.39 is 18.0 Å². The molecule has 1 aromatic rings. The number of hydrogen-bond donors (Lipinski definition) is 1. The van der Waals surface area contributed by atoms with Gasteiger partial charge >= 0.3 is 11.9 Å². The van der Waals surface area contributed by atoms with Crippen LogP contribution in [0.1, 0.15) is 24.2 Å². The molecular formula is C12H14ClNO4. The van der Waals surface area contributed by atoms with Crippen molar-refractivity contribution in [3.63, 3.8) is 0 Å². The molecule has 0 amide bonds. The van der Waals surface area contributed by atoms with E-state index in [-0.39, 0.29) is 17.2 Å². The number of nitrogens with two attached hydrogens (primary N) is 1. The Morgan fingerprint density at radius 2 is 2.11 bits per heavy atom. The zero-order valence-corrected chi connectivity index (χ0v) is 10.9. The van der Waals surface area contributed by atoms with E-state index in [0.717, 1.165) is 0 Å². The van der Waals surface area contributed by atoms with Gasteiger partial charge in [0.05, 0.1) is 22.9 Å². The van der Waals surface area contributed by atoms with E-state index in [1.807, 2.05) is 0 Å². The van der Waals surface area contributed by atoms with E-state index in [0.29, 0.717) is 5.69 Å². The maximum absolute atomic E-state index is 11.7. The van der Waals surface area contributed by atoms with E-state index in [1.165, 1.54) is 25.1 Å². The van der Waals surface area contributed by atoms with Gasteiger partial charge in [-0.2, -0.15) is 0 Å². The minimum absolute atomic E-state index is 0.227. The first-order valence-corrected chi connectivity index (χ1v) is 5.76. The van der Waals surface area contributed by atoms with Crippen LogP contribution in [-0.4, -0.2) is 24.6 Å². The van der Waals surface area contributed by atoms with Crippen LogP contribution in [0.3, 0.4) is 0 Å². The van der Waals surface area contributed by atoms with Crippen molar-refractivity contribution < 1.29 is 19.1 Å². The molecule has 0 spiro atoms. The smallest absolute Gasteiger partial charge is 0.347 e. The third-order valence-corrected chi connectivity index (χ3v) is 2.47. The summed E-state index contributed by atoms with van der Waals surface area (Å²) in [6.45, 7) is 3.34. The van der Waals surface area contributed by atoms with Gasteiger partial charge in [0.25, 0.3) is 0 Å². The van der Waals surface area contributed by atoms with E-state index in [1.54, 1.807) is 6.92 Å². The molecule has 0 saturated carbocycles. The minimum atomic E-state index is -0.964. The summed E-state index contributed by atoms with van der Waals surface area (Å²) in [5.41, 5.74) is 6.11. The van der Waals surface area contributed by atoms with Gasteiger partial charge in [-0.25, -0.2) is 9.59 Å². The van der Waals surface area contributed by atoms with E-state index in [4.69, 9.17) is 26.8 Å². The molecule has 1 atom stereocenters. The Hall–Kier alpha value is -1.75. The molecule has 5 nitrogen and oxygen atoms in total. The molecule has 6 heteroatoms. The molecular weight excluding hydrogens is 258 g/mol. The summed E-state index contributed by atoms with van der Waals surface area (Å²) in [6, 6.07) is 4.35. The van der Waals surface area contributed by atoms with Gasteiger partial charge in [-0.15, -0.1) is 0 Å². The average molecular weight is 272 g/mol. The predicted molar refractivity (Wildman–Crippen MR) is 67.4 cm³/mol.